The van der Waals surface area contributed by atoms with Crippen LogP contribution in [0.2, 0.25) is 0 Å². The molecule has 6 fully saturated rings. The molecule has 3 aliphatic carbocycles. The minimum atomic E-state index is -1.86. The van der Waals surface area contributed by atoms with Crippen molar-refractivity contribution in [2.75, 3.05) is 13.2 Å². The molecule has 24 atom stereocenters. The van der Waals surface area contributed by atoms with Crippen LogP contribution in [0.15, 0.2) is 97.5 Å². The largest absolute Gasteiger partial charge is 0.479 e. The fourth-order valence-corrected chi connectivity index (χ4v) is 15.4. The molecule has 0 radical (unpaired) electrons. The number of aliphatic carboxylic acids is 1. The molecule has 6 heterocycles. The van der Waals surface area contributed by atoms with E-state index in [0.29, 0.717) is 22.4 Å². The fourth-order valence-electron chi connectivity index (χ4n) is 15.4. The number of nitrogens with zero attached hydrogens (tertiary/aromatic N) is 9. The Labute approximate surface area is 596 Å². The average molecular weight is 1460 g/mol. The zero-order valence-corrected chi connectivity index (χ0v) is 57.6. The Bertz CT molecular complexity index is 3850. The van der Waals surface area contributed by atoms with Gasteiger partial charge < -0.3 is 89.8 Å². The second-order valence-electron chi connectivity index (χ2n) is 28.1. The van der Waals surface area contributed by atoms with Gasteiger partial charge in [0, 0.05) is 48.4 Å². The van der Waals surface area contributed by atoms with Crippen molar-refractivity contribution >= 4 is 23.6 Å². The quantitative estimate of drug-likeness (QED) is 0.0348. The molecule has 3 saturated carbocycles. The first-order chi connectivity index (χ1) is 50.0. The van der Waals surface area contributed by atoms with Crippen molar-refractivity contribution in [3.05, 3.63) is 109 Å². The molecular formula is C71H91F2N11O20. The molecule has 104 heavy (non-hydrogen) atoms. The third-order valence-corrected chi connectivity index (χ3v) is 21.0. The van der Waals surface area contributed by atoms with E-state index in [2.05, 4.69) is 41.6 Å². The minimum Gasteiger partial charge on any atom is -0.479 e. The lowest BCUT2D eigenvalue weighted by atomic mass is 9.78. The highest BCUT2D eigenvalue weighted by Gasteiger charge is 2.55. The van der Waals surface area contributed by atoms with Gasteiger partial charge in [-0.05, 0) is 82.1 Å². The molecule has 31 nitrogen and oxygen atoms in total. The first kappa shape index (κ1) is 76.1. The van der Waals surface area contributed by atoms with E-state index < -0.39 is 182 Å². The number of hydrogen-bond donors (Lipinski definition) is 11. The van der Waals surface area contributed by atoms with Crippen LogP contribution < -0.4 is 10.6 Å². The van der Waals surface area contributed by atoms with E-state index in [4.69, 9.17) is 33.2 Å². The number of carbonyl (C=O) groups excluding carboxylic acids is 3. The van der Waals surface area contributed by atoms with Crippen molar-refractivity contribution in [1.29, 1.82) is 0 Å². The lowest BCUT2D eigenvalue weighted by molar-refractivity contribution is -0.337. The van der Waals surface area contributed by atoms with Crippen molar-refractivity contribution in [1.82, 2.24) is 55.6 Å². The van der Waals surface area contributed by atoms with Crippen LogP contribution in [0.3, 0.4) is 0 Å². The van der Waals surface area contributed by atoms with Gasteiger partial charge in [0.15, 0.2) is 25.0 Å². The van der Waals surface area contributed by atoms with Gasteiger partial charge in [0.1, 0.15) is 108 Å². The van der Waals surface area contributed by atoms with Gasteiger partial charge in [0.05, 0.1) is 61.7 Å². The zero-order chi connectivity index (χ0) is 73.6. The van der Waals surface area contributed by atoms with E-state index >= 15 is 4.79 Å². The second-order valence-corrected chi connectivity index (χ2v) is 28.1. The Morgan fingerprint density at radius 3 is 1.84 bits per heavy atom. The fraction of sp³-hybridized carbons (Fsp3) is 0.606. The van der Waals surface area contributed by atoms with Crippen molar-refractivity contribution in [2.24, 2.45) is 17.8 Å². The normalized spacial score (nSPS) is 33.8. The Morgan fingerprint density at radius 2 is 1.20 bits per heavy atom. The Balaban J connectivity index is 0.804. The highest BCUT2D eigenvalue weighted by Crippen LogP contribution is 2.44. The van der Waals surface area contributed by atoms with Crippen LogP contribution in [0.4, 0.5) is 8.78 Å². The van der Waals surface area contributed by atoms with Gasteiger partial charge in [0.25, 0.3) is 0 Å². The maximum absolute atomic E-state index is 15.1. The lowest BCUT2D eigenvalue weighted by Crippen LogP contribution is -2.67. The van der Waals surface area contributed by atoms with Gasteiger partial charge in [-0.3, -0.25) is 14.4 Å². The number of ether oxygens (including phenoxy) is 7. The number of nitrogens with one attached hydrogen (secondary N) is 2. The summed E-state index contributed by atoms with van der Waals surface area (Å²) in [5, 5.41) is 134. The number of aliphatic hydroxyl groups excluding tert-OH is 8. The third-order valence-electron chi connectivity index (χ3n) is 21.0. The smallest absolute Gasteiger partial charge is 0.332 e. The predicted octanol–water partition coefficient (Wildman–Crippen LogP) is 2.64. The molecule has 6 aliphatic rings. The number of aromatic nitrogens is 9. The van der Waals surface area contributed by atoms with Crippen LogP contribution in [0.5, 0.6) is 0 Å². The zero-order valence-electron chi connectivity index (χ0n) is 57.6. The number of carboxylic acids is 1. The molecule has 564 valence electrons. The van der Waals surface area contributed by atoms with Gasteiger partial charge in [-0.1, -0.05) is 109 Å². The van der Waals surface area contributed by atoms with Crippen LogP contribution in [0.1, 0.15) is 122 Å². The van der Waals surface area contributed by atoms with Crippen molar-refractivity contribution in [2.45, 2.75) is 239 Å². The maximum atomic E-state index is 15.1. The molecule has 3 aliphatic heterocycles. The first-order valence-corrected chi connectivity index (χ1v) is 35.6. The van der Waals surface area contributed by atoms with Crippen LogP contribution in [-0.2, 0) is 52.3 Å². The summed E-state index contributed by atoms with van der Waals surface area (Å²) in [6, 6.07) is 15.5. The van der Waals surface area contributed by atoms with Crippen LogP contribution in [0.25, 0.3) is 33.8 Å². The minimum absolute atomic E-state index is 0.0202. The SMILES string of the molecule is CCC1O[C@@H](O[C@@H]2C[C@@H](C(=O)NCCCC(=O)C3CC(n4cc(-c5ccccc5)nn4)[C@@H](O[C@@H]4OC(C)[C@@H](O)[C@H](O)C4O)[C@H](O[C@@H]4O[C@@H](CO)[C@H](O)C(O[C@@H](CC5CCCCC5)C(=O)O)C4NC(C)=O)C3)CC(n3cc(-c4cccc(F)c4)nn3)C2O)[C@H](O)C(n2cc(-c3cccc(F)c3)nn2)[C@H]1O. The van der Waals surface area contributed by atoms with Gasteiger partial charge in [-0.25, -0.2) is 27.6 Å². The molecular weight excluding hydrogens is 1360 g/mol. The van der Waals surface area contributed by atoms with Crippen molar-refractivity contribution in [3.63, 3.8) is 0 Å². The van der Waals surface area contributed by atoms with Crippen LogP contribution >= 0.6 is 0 Å². The Kier molecular flexibility index (Phi) is 24.8. The Hall–Kier alpha value is -7.58. The van der Waals surface area contributed by atoms with Crippen LogP contribution in [-0.4, -0.2) is 244 Å². The molecule has 11 N–H and O–H groups in total. The number of carbonyl (C=O) groups is 4. The molecule has 0 spiro atoms. The van der Waals surface area contributed by atoms with Gasteiger partial charge in [0.2, 0.25) is 11.8 Å². The number of carboxylic acid groups (broad SMARTS) is 1. The topological polar surface area (TPSA) is 431 Å². The van der Waals surface area contributed by atoms with E-state index in [0.717, 1.165) is 32.1 Å². The Morgan fingerprint density at radius 1 is 0.615 bits per heavy atom. The summed E-state index contributed by atoms with van der Waals surface area (Å²) in [7, 11) is 0. The summed E-state index contributed by atoms with van der Waals surface area (Å²) in [6.45, 7) is 3.48. The predicted molar refractivity (Wildman–Crippen MR) is 357 cm³/mol. The lowest BCUT2D eigenvalue weighted by Gasteiger charge is -2.49. The number of benzene rings is 3. The molecule has 12 rings (SSSR count). The van der Waals surface area contributed by atoms with Crippen molar-refractivity contribution < 1.29 is 107 Å². The third kappa shape index (κ3) is 17.3. The number of halogens is 2. The molecule has 6 aromatic rings. The van der Waals surface area contributed by atoms with E-state index in [-0.39, 0.29) is 81.0 Å². The van der Waals surface area contributed by atoms with E-state index in [1.807, 2.05) is 6.07 Å². The maximum Gasteiger partial charge on any atom is 0.332 e. The monoisotopic (exact) mass is 1460 g/mol. The van der Waals surface area contributed by atoms with Gasteiger partial charge in [-0.2, -0.15) is 0 Å². The number of Topliss-reactive ketones (excluding diaryl/α,β-unsaturated/α-hetero) is 1. The number of ketones is 1. The standard InChI is InChI=1S/C71H91F2N11O20/c1-4-51-60(90)57(84-33-47(78-81-84)40-19-12-21-44(73)26-40)62(92)70(100-51)101-52-30-42(28-48(59(52)89)82-32-46(77-79-82)39-18-11-20-43(72)25-39)67(95)74-23-13-22-50(87)41-27-49(83-31-45(76-80-83)38-16-9-6-10-17-38)65(104-71-64(94)63(93)58(88)35(2)98-71)53(29-41)102-69-56(75-36(3)86)66(61(91)55(34-85)103-69)99-54(68(96)97)24-37-14-7-5-8-15-37/h6,9-12,16-21,25-26,31-33,35,37,41-42,48-49,51-66,69-71,85,88-94H,4-5,7-8,13-15,22-24,27-30,34H2,1-3H3,(H,74,95)(H,75,86)(H,96,97)/t35?,41?,42-,48?,49?,51?,52+,53+,54-,55-,56?,57?,58+,59?,60-,61-,62+,63-,64?,65+,66?,69+,70-,71-/m0/s1. The molecule has 3 aromatic heterocycles. The highest BCUT2D eigenvalue weighted by atomic mass is 19.1. The summed E-state index contributed by atoms with van der Waals surface area (Å²) in [6.07, 6.45) is -18.3. The number of amides is 2. The summed E-state index contributed by atoms with van der Waals surface area (Å²) >= 11 is 0. The summed E-state index contributed by atoms with van der Waals surface area (Å²) in [5.41, 5.74) is 2.33. The van der Waals surface area contributed by atoms with E-state index in [1.165, 1.54) is 76.7 Å². The molecule has 0 bridgehead atoms. The van der Waals surface area contributed by atoms with Gasteiger partial charge >= 0.3 is 5.97 Å². The number of aliphatic hydroxyl groups is 8. The van der Waals surface area contributed by atoms with E-state index in [9.17, 15) is 69.1 Å². The average Bonchev–Trinajstić information content (AvgIpc) is 1.24. The summed E-state index contributed by atoms with van der Waals surface area (Å²) in [4.78, 5) is 56.1. The molecule has 33 heteroatoms. The number of rotatable bonds is 26. The highest BCUT2D eigenvalue weighted by molar-refractivity contribution is 5.82. The summed E-state index contributed by atoms with van der Waals surface area (Å²) < 4.78 is 77.8. The molecule has 3 aromatic carbocycles. The second kappa shape index (κ2) is 33.9. The van der Waals surface area contributed by atoms with Crippen molar-refractivity contribution in [3.8, 4) is 33.8 Å². The molecule has 3 saturated heterocycles. The van der Waals surface area contributed by atoms with Crippen LogP contribution in [0, 0.1) is 29.4 Å². The summed E-state index contributed by atoms with van der Waals surface area (Å²) in [5.74, 6) is -5.84. The first-order valence-electron chi connectivity index (χ1n) is 35.6. The molecule has 10 unspecified atom stereocenters. The van der Waals surface area contributed by atoms with Gasteiger partial charge in [-0.15, -0.1) is 15.3 Å². The number of hydrogen-bond acceptors (Lipinski definition) is 25. The molecule has 2 amide bonds. The van der Waals surface area contributed by atoms with E-state index in [1.54, 1.807) is 49.5 Å².